The molecule has 4 rings (SSSR count). The van der Waals surface area contributed by atoms with Crippen molar-refractivity contribution in [2.24, 2.45) is 11.8 Å². The second kappa shape index (κ2) is 11.5. The number of anilines is 1. The molecule has 0 bridgehead atoms. The van der Waals surface area contributed by atoms with E-state index < -0.39 is 5.97 Å². The van der Waals surface area contributed by atoms with E-state index >= 15 is 0 Å². The summed E-state index contributed by atoms with van der Waals surface area (Å²) in [5, 5.41) is 9.43. The van der Waals surface area contributed by atoms with E-state index in [-0.39, 0.29) is 30.0 Å². The van der Waals surface area contributed by atoms with Crippen molar-refractivity contribution in [2.75, 3.05) is 57.8 Å². The number of carbonyl (C=O) groups excluding carboxylic acids is 1. The molecule has 0 radical (unpaired) electrons. The monoisotopic (exact) mass is 483 g/mol. The Morgan fingerprint density at radius 2 is 1.66 bits per heavy atom. The summed E-state index contributed by atoms with van der Waals surface area (Å²) in [5.74, 6) is -0.0818. The SMILES string of the molecule is COc1ccc(C(=O)N2CCC(CC(=O)O)C(CCN3CCN(c4ccc(F)cc4)CC3)C2)cc1. The fourth-order valence-corrected chi connectivity index (χ4v) is 5.23. The molecule has 1 amide bonds. The number of carboxylic acids is 1. The lowest BCUT2D eigenvalue weighted by molar-refractivity contribution is -0.139. The number of hydrogen-bond acceptors (Lipinski definition) is 5. The number of nitrogens with zero attached hydrogens (tertiary/aromatic N) is 3. The largest absolute Gasteiger partial charge is 0.497 e. The smallest absolute Gasteiger partial charge is 0.303 e. The number of ether oxygens (including phenoxy) is 1. The maximum atomic E-state index is 13.2. The number of rotatable bonds is 8. The van der Waals surface area contributed by atoms with Crippen molar-refractivity contribution in [3.8, 4) is 5.75 Å². The van der Waals surface area contributed by atoms with Gasteiger partial charge >= 0.3 is 5.97 Å². The minimum absolute atomic E-state index is 0.0145. The second-order valence-corrected chi connectivity index (χ2v) is 9.48. The number of likely N-dealkylation sites (tertiary alicyclic amines) is 1. The van der Waals surface area contributed by atoms with Gasteiger partial charge in [0.2, 0.25) is 0 Å². The first-order chi connectivity index (χ1) is 16.9. The quantitative estimate of drug-likeness (QED) is 0.619. The highest BCUT2D eigenvalue weighted by atomic mass is 19.1. The van der Waals surface area contributed by atoms with Crippen molar-refractivity contribution in [2.45, 2.75) is 19.3 Å². The van der Waals surface area contributed by atoms with Gasteiger partial charge in [0, 0.05) is 56.9 Å². The molecule has 2 aromatic carbocycles. The van der Waals surface area contributed by atoms with E-state index in [1.807, 2.05) is 17.0 Å². The number of methoxy groups -OCH3 is 1. The van der Waals surface area contributed by atoms with Gasteiger partial charge in [0.1, 0.15) is 11.6 Å². The Morgan fingerprint density at radius 1 is 0.971 bits per heavy atom. The fraction of sp³-hybridized carbons (Fsp3) is 0.481. The predicted octanol–water partition coefficient (Wildman–Crippen LogP) is 3.60. The number of amides is 1. The Kier molecular flexibility index (Phi) is 8.23. The lowest BCUT2D eigenvalue weighted by Gasteiger charge is -2.40. The van der Waals surface area contributed by atoms with E-state index in [2.05, 4.69) is 9.80 Å². The van der Waals surface area contributed by atoms with Crippen LogP contribution in [0.3, 0.4) is 0 Å². The Balaban J connectivity index is 1.33. The topological polar surface area (TPSA) is 73.3 Å². The van der Waals surface area contributed by atoms with Crippen LogP contribution in [-0.4, -0.2) is 79.7 Å². The highest BCUT2D eigenvalue weighted by Crippen LogP contribution is 2.31. The molecule has 2 heterocycles. The van der Waals surface area contributed by atoms with Crippen LogP contribution in [0.5, 0.6) is 5.75 Å². The number of carboxylic acid groups (broad SMARTS) is 1. The third kappa shape index (κ3) is 6.51. The van der Waals surface area contributed by atoms with Crippen LogP contribution in [0.1, 0.15) is 29.6 Å². The summed E-state index contributed by atoms with van der Waals surface area (Å²) < 4.78 is 18.4. The normalized spacial score (nSPS) is 21.1. The molecule has 2 fully saturated rings. The zero-order valence-corrected chi connectivity index (χ0v) is 20.2. The van der Waals surface area contributed by atoms with Gasteiger partial charge in [0.25, 0.3) is 5.91 Å². The van der Waals surface area contributed by atoms with E-state index in [1.165, 1.54) is 12.1 Å². The standard InChI is InChI=1S/C27H34FN3O4/c1-35-25-8-2-20(3-9-25)27(34)31-13-11-21(18-26(32)33)22(19-31)10-12-29-14-16-30(17-15-29)24-6-4-23(28)5-7-24/h2-9,21-22H,10-19H2,1H3,(H,32,33). The number of piperidine rings is 1. The molecule has 188 valence electrons. The zero-order valence-electron chi connectivity index (χ0n) is 20.2. The predicted molar refractivity (Wildman–Crippen MR) is 132 cm³/mol. The number of piperazine rings is 1. The number of halogens is 1. The van der Waals surface area contributed by atoms with Crippen molar-refractivity contribution < 1.29 is 23.8 Å². The average Bonchev–Trinajstić information content (AvgIpc) is 2.88. The van der Waals surface area contributed by atoms with Gasteiger partial charge in [-0.3, -0.25) is 14.5 Å². The first-order valence-electron chi connectivity index (χ1n) is 12.3. The van der Waals surface area contributed by atoms with Crippen molar-refractivity contribution in [1.82, 2.24) is 9.80 Å². The molecule has 2 aliphatic heterocycles. The number of aliphatic carboxylic acids is 1. The van der Waals surface area contributed by atoms with E-state index in [0.717, 1.165) is 44.8 Å². The molecule has 1 N–H and O–H groups in total. The van der Waals surface area contributed by atoms with Crippen LogP contribution < -0.4 is 9.64 Å². The van der Waals surface area contributed by atoms with Gasteiger partial charge in [-0.1, -0.05) is 0 Å². The highest BCUT2D eigenvalue weighted by molar-refractivity contribution is 5.94. The summed E-state index contributed by atoms with van der Waals surface area (Å²) >= 11 is 0. The van der Waals surface area contributed by atoms with Crippen LogP contribution in [0.25, 0.3) is 0 Å². The third-order valence-corrected chi connectivity index (χ3v) is 7.33. The van der Waals surface area contributed by atoms with Gasteiger partial charge in [-0.25, -0.2) is 4.39 Å². The number of carbonyl (C=O) groups is 2. The van der Waals surface area contributed by atoms with Crippen molar-refractivity contribution in [1.29, 1.82) is 0 Å². The molecule has 0 aliphatic carbocycles. The Labute approximate surface area is 206 Å². The lowest BCUT2D eigenvalue weighted by Crippen LogP contribution is -2.48. The van der Waals surface area contributed by atoms with Gasteiger partial charge in [0.05, 0.1) is 7.11 Å². The summed E-state index contributed by atoms with van der Waals surface area (Å²) in [6, 6.07) is 13.7. The van der Waals surface area contributed by atoms with Crippen LogP contribution in [-0.2, 0) is 4.79 Å². The zero-order chi connectivity index (χ0) is 24.8. The molecule has 2 aromatic rings. The molecule has 8 heteroatoms. The molecule has 0 aromatic heterocycles. The van der Waals surface area contributed by atoms with Gasteiger partial charge in [-0.05, 0) is 79.8 Å². The maximum Gasteiger partial charge on any atom is 0.303 e. The first-order valence-corrected chi connectivity index (χ1v) is 12.3. The molecule has 0 spiro atoms. The molecule has 2 saturated heterocycles. The lowest BCUT2D eigenvalue weighted by atomic mass is 9.81. The maximum absolute atomic E-state index is 13.2. The molecule has 0 saturated carbocycles. The Bertz CT molecular complexity index is 990. The molecular formula is C27H34FN3O4. The van der Waals surface area contributed by atoms with Gasteiger partial charge in [-0.15, -0.1) is 0 Å². The molecule has 2 aliphatic rings. The molecule has 35 heavy (non-hydrogen) atoms. The molecule has 2 atom stereocenters. The van der Waals surface area contributed by atoms with E-state index in [1.54, 1.807) is 31.4 Å². The van der Waals surface area contributed by atoms with Gasteiger partial charge in [-0.2, -0.15) is 0 Å². The van der Waals surface area contributed by atoms with Crippen LogP contribution >= 0.6 is 0 Å². The minimum Gasteiger partial charge on any atom is -0.497 e. The molecule has 2 unspecified atom stereocenters. The Hall–Kier alpha value is -3.13. The number of hydrogen-bond donors (Lipinski definition) is 1. The summed E-state index contributed by atoms with van der Waals surface area (Å²) in [4.78, 5) is 31.1. The first kappa shape index (κ1) is 25.0. The highest BCUT2D eigenvalue weighted by Gasteiger charge is 2.33. The fourth-order valence-electron chi connectivity index (χ4n) is 5.23. The number of benzene rings is 2. The second-order valence-electron chi connectivity index (χ2n) is 9.48. The summed E-state index contributed by atoms with van der Waals surface area (Å²) in [6.07, 6.45) is 1.71. The van der Waals surface area contributed by atoms with Crippen LogP contribution in [0.15, 0.2) is 48.5 Å². The van der Waals surface area contributed by atoms with Crippen LogP contribution in [0.2, 0.25) is 0 Å². The van der Waals surface area contributed by atoms with E-state index in [9.17, 15) is 19.1 Å². The average molecular weight is 484 g/mol. The van der Waals surface area contributed by atoms with Crippen molar-refractivity contribution >= 4 is 17.6 Å². The van der Waals surface area contributed by atoms with E-state index in [0.29, 0.717) is 30.8 Å². The Morgan fingerprint density at radius 3 is 2.29 bits per heavy atom. The third-order valence-electron chi connectivity index (χ3n) is 7.33. The summed E-state index contributed by atoms with van der Waals surface area (Å²) in [5.41, 5.74) is 1.66. The summed E-state index contributed by atoms with van der Waals surface area (Å²) in [7, 11) is 1.59. The van der Waals surface area contributed by atoms with Crippen molar-refractivity contribution in [3.05, 3.63) is 59.9 Å². The molecule has 7 nitrogen and oxygen atoms in total. The molecular weight excluding hydrogens is 449 g/mol. The van der Waals surface area contributed by atoms with Gasteiger partial charge < -0.3 is 19.6 Å². The summed E-state index contributed by atoms with van der Waals surface area (Å²) in [6.45, 7) is 5.59. The van der Waals surface area contributed by atoms with Gasteiger partial charge in [0.15, 0.2) is 0 Å². The van der Waals surface area contributed by atoms with Crippen LogP contribution in [0, 0.1) is 17.7 Å². The minimum atomic E-state index is -0.775. The van der Waals surface area contributed by atoms with Crippen molar-refractivity contribution in [3.63, 3.8) is 0 Å². The van der Waals surface area contributed by atoms with Crippen LogP contribution in [0.4, 0.5) is 10.1 Å². The van der Waals surface area contributed by atoms with E-state index in [4.69, 9.17) is 4.74 Å².